The number of aromatic nitrogens is 5. The van der Waals surface area contributed by atoms with Gasteiger partial charge in [0.2, 0.25) is 5.82 Å². The zero-order chi connectivity index (χ0) is 21.5. The molecule has 0 saturated carbocycles. The Morgan fingerprint density at radius 1 is 1.26 bits per heavy atom. The van der Waals surface area contributed by atoms with Gasteiger partial charge in [-0.15, -0.1) is 0 Å². The number of aryl methyl sites for hydroxylation is 1. The van der Waals surface area contributed by atoms with Crippen LogP contribution in [0.5, 0.6) is 5.75 Å². The van der Waals surface area contributed by atoms with Gasteiger partial charge in [-0.2, -0.15) is 10.1 Å². The maximum Gasteiger partial charge on any atom is 0.407 e. The number of fused-ring (bicyclic) bond motifs is 1. The molecule has 5 rings (SSSR count). The monoisotopic (exact) mass is 460 g/mol. The predicted octanol–water partition coefficient (Wildman–Crippen LogP) is 3.55. The lowest BCUT2D eigenvalue weighted by Crippen LogP contribution is -2.32. The minimum atomic E-state index is -0.475. The van der Waals surface area contributed by atoms with Crippen molar-refractivity contribution in [3.63, 3.8) is 0 Å². The molecular weight excluding hydrogens is 447 g/mol. The van der Waals surface area contributed by atoms with E-state index in [9.17, 15) is 4.79 Å². The average Bonchev–Trinajstić information content (AvgIpc) is 3.47. The van der Waals surface area contributed by atoms with Crippen molar-refractivity contribution in [2.45, 2.75) is 13.0 Å². The summed E-state index contributed by atoms with van der Waals surface area (Å²) in [6.07, 6.45) is 1.23. The van der Waals surface area contributed by atoms with Gasteiger partial charge in [-0.1, -0.05) is 28.4 Å². The van der Waals surface area contributed by atoms with E-state index in [1.54, 1.807) is 22.8 Å². The van der Waals surface area contributed by atoms with Crippen molar-refractivity contribution in [3.8, 4) is 28.7 Å². The Morgan fingerprint density at radius 3 is 2.94 bits per heavy atom. The zero-order valence-electron chi connectivity index (χ0n) is 16.0. The number of nitrogens with one attached hydrogen (secondary N) is 1. The largest absolute Gasteiger partial charge is 0.490 e. The second kappa shape index (κ2) is 7.71. The Bertz CT molecular complexity index is 1300. The van der Waals surface area contributed by atoms with Gasteiger partial charge in [-0.3, -0.25) is 0 Å². The van der Waals surface area contributed by atoms with Gasteiger partial charge in [-0.25, -0.2) is 14.3 Å². The van der Waals surface area contributed by atoms with Gasteiger partial charge in [0.05, 0.1) is 21.9 Å². The number of hydrogen-bond acceptors (Lipinski definition) is 8. The number of carbonyl (C=O) groups excluding carboxylic acids is 1. The molecule has 1 N–H and O–H groups in total. The molecule has 4 heterocycles. The predicted molar refractivity (Wildman–Crippen MR) is 110 cm³/mol. The van der Waals surface area contributed by atoms with Crippen LogP contribution in [0.1, 0.15) is 5.69 Å². The van der Waals surface area contributed by atoms with Gasteiger partial charge in [0.15, 0.2) is 5.65 Å². The van der Waals surface area contributed by atoms with E-state index in [1.807, 2.05) is 19.1 Å². The molecular formula is C19H14Cl2N6O4. The van der Waals surface area contributed by atoms with Crippen molar-refractivity contribution in [1.29, 1.82) is 0 Å². The number of halogens is 2. The van der Waals surface area contributed by atoms with Gasteiger partial charge < -0.3 is 19.3 Å². The zero-order valence-corrected chi connectivity index (χ0v) is 17.5. The highest BCUT2D eigenvalue weighted by Crippen LogP contribution is 2.36. The summed E-state index contributed by atoms with van der Waals surface area (Å²) in [6.45, 7) is 2.31. The van der Waals surface area contributed by atoms with Crippen LogP contribution in [-0.2, 0) is 4.74 Å². The summed E-state index contributed by atoms with van der Waals surface area (Å²) >= 11 is 12.8. The molecule has 4 aromatic rings. The minimum Gasteiger partial charge on any atom is -0.490 e. The standard InChI is InChI=1S/C19H14Cl2N6O4/c1-9-2-3-16-23-14(6-27(16)25-9)18-24-17(26-31-18)11-4-13(21)15(5-12(11)20)29-7-10-8-30-19(28)22-10/h2-6,10H,7-8H2,1H3,(H,22,28)/t10-/m1/s1. The molecule has 10 nitrogen and oxygen atoms in total. The van der Waals surface area contributed by atoms with Crippen LogP contribution >= 0.6 is 23.2 Å². The topological polar surface area (TPSA) is 117 Å². The van der Waals surface area contributed by atoms with Crippen molar-refractivity contribution in [1.82, 2.24) is 30.1 Å². The van der Waals surface area contributed by atoms with E-state index in [4.69, 9.17) is 37.2 Å². The van der Waals surface area contributed by atoms with E-state index < -0.39 is 6.09 Å². The van der Waals surface area contributed by atoms with Crippen LogP contribution in [-0.4, -0.2) is 50.1 Å². The molecule has 158 valence electrons. The van der Waals surface area contributed by atoms with Gasteiger partial charge in [-0.05, 0) is 25.1 Å². The summed E-state index contributed by atoms with van der Waals surface area (Å²) in [7, 11) is 0. The maximum atomic E-state index is 11.1. The molecule has 1 fully saturated rings. The van der Waals surface area contributed by atoms with Gasteiger partial charge in [0.25, 0.3) is 5.89 Å². The highest BCUT2D eigenvalue weighted by Gasteiger charge is 2.24. The summed E-state index contributed by atoms with van der Waals surface area (Å²) < 4.78 is 17.5. The molecule has 31 heavy (non-hydrogen) atoms. The molecule has 1 aliphatic heterocycles. The lowest BCUT2D eigenvalue weighted by atomic mass is 10.2. The van der Waals surface area contributed by atoms with Gasteiger partial charge in [0.1, 0.15) is 30.7 Å². The van der Waals surface area contributed by atoms with E-state index in [1.165, 1.54) is 0 Å². The quantitative estimate of drug-likeness (QED) is 0.480. The first-order valence-corrected chi connectivity index (χ1v) is 9.94. The van der Waals surface area contributed by atoms with Crippen molar-refractivity contribution >= 4 is 34.9 Å². The number of benzene rings is 1. The fourth-order valence-corrected chi connectivity index (χ4v) is 3.49. The number of nitrogens with zero attached hydrogens (tertiary/aromatic N) is 5. The van der Waals surface area contributed by atoms with Crippen LogP contribution in [0, 0.1) is 6.92 Å². The van der Waals surface area contributed by atoms with Crippen LogP contribution in [0.15, 0.2) is 35.0 Å². The van der Waals surface area contributed by atoms with Crippen LogP contribution in [0.25, 0.3) is 28.6 Å². The Morgan fingerprint density at radius 2 is 2.13 bits per heavy atom. The van der Waals surface area contributed by atoms with Crippen LogP contribution in [0.4, 0.5) is 4.79 Å². The summed E-state index contributed by atoms with van der Waals surface area (Å²) in [5, 5.41) is 11.6. The lowest BCUT2D eigenvalue weighted by molar-refractivity contribution is 0.174. The second-order valence-corrected chi connectivity index (χ2v) is 7.65. The minimum absolute atomic E-state index is 0.189. The molecule has 3 aromatic heterocycles. The molecule has 0 spiro atoms. The molecule has 0 aliphatic carbocycles. The highest BCUT2D eigenvalue weighted by molar-refractivity contribution is 6.36. The maximum absolute atomic E-state index is 11.1. The molecule has 0 unspecified atom stereocenters. The Balaban J connectivity index is 1.38. The van der Waals surface area contributed by atoms with Crippen LogP contribution < -0.4 is 10.1 Å². The molecule has 1 saturated heterocycles. The van der Waals surface area contributed by atoms with E-state index >= 15 is 0 Å². The summed E-state index contributed by atoms with van der Waals surface area (Å²) in [5.41, 5.74) is 2.48. The summed E-state index contributed by atoms with van der Waals surface area (Å²) in [4.78, 5) is 19.9. The number of rotatable bonds is 5. The lowest BCUT2D eigenvalue weighted by Gasteiger charge is -2.12. The third kappa shape index (κ3) is 3.87. The first kappa shape index (κ1) is 19.6. The molecule has 12 heteroatoms. The number of carbonyl (C=O) groups is 1. The van der Waals surface area contributed by atoms with Gasteiger partial charge >= 0.3 is 6.09 Å². The van der Waals surface area contributed by atoms with Gasteiger partial charge in [0, 0.05) is 11.6 Å². The van der Waals surface area contributed by atoms with E-state index in [2.05, 4.69) is 25.5 Å². The molecule has 1 aromatic carbocycles. The van der Waals surface area contributed by atoms with Crippen molar-refractivity contribution < 1.29 is 18.8 Å². The Labute approximate surface area is 185 Å². The fraction of sp³-hybridized carbons (Fsp3) is 0.211. The first-order chi connectivity index (χ1) is 15.0. The average molecular weight is 461 g/mol. The molecule has 1 amide bonds. The molecule has 1 aliphatic rings. The van der Waals surface area contributed by atoms with E-state index in [0.717, 1.165) is 5.69 Å². The molecule has 0 bridgehead atoms. The summed E-state index contributed by atoms with van der Waals surface area (Å²) in [6, 6.07) is 6.60. The Kier molecular flexibility index (Phi) is 4.87. The van der Waals surface area contributed by atoms with Crippen molar-refractivity contribution in [2.75, 3.05) is 13.2 Å². The number of alkyl carbamates (subject to hydrolysis) is 1. The number of cyclic esters (lactones) is 1. The summed E-state index contributed by atoms with van der Waals surface area (Å²) in [5.74, 6) is 0.843. The SMILES string of the molecule is Cc1ccc2nc(-c3nc(-c4cc(Cl)c(OC[C@@H]5COC(=O)N5)cc4Cl)no3)cn2n1. The van der Waals surface area contributed by atoms with E-state index in [0.29, 0.717) is 32.7 Å². The smallest absolute Gasteiger partial charge is 0.407 e. The third-order valence-electron chi connectivity index (χ3n) is 4.54. The third-order valence-corrected chi connectivity index (χ3v) is 5.15. The number of ether oxygens (including phenoxy) is 2. The van der Waals surface area contributed by atoms with Crippen molar-refractivity contribution in [2.24, 2.45) is 0 Å². The normalized spacial score (nSPS) is 15.8. The second-order valence-electron chi connectivity index (χ2n) is 6.84. The highest BCUT2D eigenvalue weighted by atomic mass is 35.5. The Hall–Kier alpha value is -3.37. The number of imidazole rings is 1. The first-order valence-electron chi connectivity index (χ1n) is 9.19. The fourth-order valence-electron chi connectivity index (χ4n) is 3.03. The number of hydrogen-bond donors (Lipinski definition) is 1. The number of amides is 1. The van der Waals surface area contributed by atoms with Crippen LogP contribution in [0.2, 0.25) is 10.0 Å². The van der Waals surface area contributed by atoms with Crippen LogP contribution in [0.3, 0.4) is 0 Å². The van der Waals surface area contributed by atoms with E-state index in [-0.39, 0.29) is 31.0 Å². The molecule has 1 atom stereocenters. The van der Waals surface area contributed by atoms with Crippen molar-refractivity contribution in [3.05, 3.63) is 46.2 Å². The molecule has 0 radical (unpaired) electrons.